The maximum atomic E-state index is 9.98. The lowest BCUT2D eigenvalue weighted by Gasteiger charge is -2.40. The first-order valence-electron chi connectivity index (χ1n) is 9.99. The summed E-state index contributed by atoms with van der Waals surface area (Å²) in [7, 11) is -0.555. The third-order valence-corrected chi connectivity index (χ3v) is 9.87. The SMILES string of the molecule is COc1ccc(CO[C@H](CO)[C@@H](/C=C/[C@H](O)[C@H](C)O)O[Si](C)(C)C(C)(C)C)cc1. The van der Waals surface area contributed by atoms with Gasteiger partial charge in [0.15, 0.2) is 8.32 Å². The second-order valence-corrected chi connectivity index (χ2v) is 13.6. The average molecular weight is 427 g/mol. The Bertz CT molecular complexity index is 621. The third-order valence-electron chi connectivity index (χ3n) is 5.40. The largest absolute Gasteiger partial charge is 0.497 e. The summed E-state index contributed by atoms with van der Waals surface area (Å²) in [6.07, 6.45) is 0.125. The lowest BCUT2D eigenvalue weighted by molar-refractivity contribution is -0.0502. The lowest BCUT2D eigenvalue weighted by Crippen LogP contribution is -2.48. The summed E-state index contributed by atoms with van der Waals surface area (Å²) in [5, 5.41) is 29.5. The van der Waals surface area contributed by atoms with Gasteiger partial charge in [-0.25, -0.2) is 0 Å². The first-order chi connectivity index (χ1) is 13.4. The van der Waals surface area contributed by atoms with E-state index in [1.807, 2.05) is 24.3 Å². The minimum atomic E-state index is -2.17. The minimum Gasteiger partial charge on any atom is -0.497 e. The molecule has 0 saturated carbocycles. The van der Waals surface area contributed by atoms with Crippen molar-refractivity contribution in [3.8, 4) is 5.75 Å². The van der Waals surface area contributed by atoms with Crippen LogP contribution in [0.2, 0.25) is 18.1 Å². The van der Waals surface area contributed by atoms with Crippen LogP contribution in [0.15, 0.2) is 36.4 Å². The van der Waals surface area contributed by atoms with Crippen LogP contribution < -0.4 is 4.74 Å². The summed E-state index contributed by atoms with van der Waals surface area (Å²) in [4.78, 5) is 0. The molecular weight excluding hydrogens is 388 g/mol. The molecule has 0 unspecified atom stereocenters. The molecule has 0 amide bonds. The maximum absolute atomic E-state index is 9.98. The molecule has 4 atom stereocenters. The molecule has 0 aliphatic rings. The zero-order valence-electron chi connectivity index (χ0n) is 18.8. The topological polar surface area (TPSA) is 88.4 Å². The van der Waals surface area contributed by atoms with Crippen LogP contribution in [0, 0.1) is 0 Å². The first-order valence-corrected chi connectivity index (χ1v) is 12.9. The molecule has 1 aromatic carbocycles. The van der Waals surface area contributed by atoms with Gasteiger partial charge in [0, 0.05) is 0 Å². The Morgan fingerprint density at radius 2 is 1.66 bits per heavy atom. The second-order valence-electron chi connectivity index (χ2n) is 8.84. The molecule has 0 heterocycles. The summed E-state index contributed by atoms with van der Waals surface area (Å²) < 4.78 is 17.6. The van der Waals surface area contributed by atoms with Crippen molar-refractivity contribution in [2.45, 2.75) is 76.8 Å². The number of ether oxygens (including phenoxy) is 2. The van der Waals surface area contributed by atoms with Crippen molar-refractivity contribution in [1.82, 2.24) is 0 Å². The zero-order valence-corrected chi connectivity index (χ0v) is 19.8. The van der Waals surface area contributed by atoms with Gasteiger partial charge in [0.1, 0.15) is 11.9 Å². The normalized spacial score (nSPS) is 17.2. The Morgan fingerprint density at radius 1 is 1.07 bits per heavy atom. The molecule has 0 aliphatic heterocycles. The van der Waals surface area contributed by atoms with Crippen LogP contribution in [0.25, 0.3) is 0 Å². The molecule has 0 fully saturated rings. The van der Waals surface area contributed by atoms with Gasteiger partial charge in [-0.15, -0.1) is 0 Å². The van der Waals surface area contributed by atoms with E-state index >= 15 is 0 Å². The Balaban J connectivity index is 2.98. The fourth-order valence-electron chi connectivity index (χ4n) is 2.32. The van der Waals surface area contributed by atoms with Crippen LogP contribution in [0.3, 0.4) is 0 Å². The maximum Gasteiger partial charge on any atom is 0.193 e. The third kappa shape index (κ3) is 8.20. The number of hydrogen-bond donors (Lipinski definition) is 3. The molecule has 1 aromatic rings. The Morgan fingerprint density at radius 3 is 2.10 bits per heavy atom. The predicted molar refractivity (Wildman–Crippen MR) is 118 cm³/mol. The van der Waals surface area contributed by atoms with E-state index in [2.05, 4.69) is 33.9 Å². The summed E-state index contributed by atoms with van der Waals surface area (Å²) in [5.74, 6) is 0.765. The molecule has 1 rings (SSSR count). The molecule has 0 spiro atoms. The molecule has 0 bridgehead atoms. The summed E-state index contributed by atoms with van der Waals surface area (Å²) in [6.45, 7) is 12.2. The average Bonchev–Trinajstić information content (AvgIpc) is 2.65. The molecule has 29 heavy (non-hydrogen) atoms. The molecule has 166 valence electrons. The van der Waals surface area contributed by atoms with E-state index in [9.17, 15) is 15.3 Å². The van der Waals surface area contributed by atoms with Crippen LogP contribution in [0.5, 0.6) is 5.75 Å². The molecule has 6 nitrogen and oxygen atoms in total. The quantitative estimate of drug-likeness (QED) is 0.372. The zero-order chi connectivity index (χ0) is 22.2. The van der Waals surface area contributed by atoms with Gasteiger partial charge in [-0.1, -0.05) is 45.1 Å². The van der Waals surface area contributed by atoms with E-state index in [-0.39, 0.29) is 11.6 Å². The van der Waals surface area contributed by atoms with Gasteiger partial charge in [-0.3, -0.25) is 0 Å². The minimum absolute atomic E-state index is 0.0298. The van der Waals surface area contributed by atoms with Crippen molar-refractivity contribution < 1.29 is 29.2 Å². The van der Waals surface area contributed by atoms with Gasteiger partial charge < -0.3 is 29.2 Å². The van der Waals surface area contributed by atoms with Crippen molar-refractivity contribution in [2.75, 3.05) is 13.7 Å². The lowest BCUT2D eigenvalue weighted by atomic mass is 10.1. The van der Waals surface area contributed by atoms with Crippen LogP contribution in [0.1, 0.15) is 33.3 Å². The molecule has 0 aromatic heterocycles. The summed E-state index contributed by atoms with van der Waals surface area (Å²) in [5.41, 5.74) is 0.948. The molecule has 0 radical (unpaired) electrons. The van der Waals surface area contributed by atoms with Crippen LogP contribution >= 0.6 is 0 Å². The molecule has 0 saturated heterocycles. The van der Waals surface area contributed by atoms with Gasteiger partial charge >= 0.3 is 0 Å². The Kier molecular flexibility index (Phi) is 10.0. The Labute approximate surface area is 176 Å². The number of hydrogen-bond acceptors (Lipinski definition) is 6. The van der Waals surface area contributed by atoms with E-state index in [4.69, 9.17) is 13.9 Å². The molecule has 0 aliphatic carbocycles. The van der Waals surface area contributed by atoms with E-state index in [0.29, 0.717) is 6.61 Å². The number of methoxy groups -OCH3 is 1. The monoisotopic (exact) mass is 426 g/mol. The van der Waals surface area contributed by atoms with Gasteiger partial charge in [-0.2, -0.15) is 0 Å². The molecular formula is C22H38O6Si. The van der Waals surface area contributed by atoms with E-state index in [1.54, 1.807) is 13.2 Å². The highest BCUT2D eigenvalue weighted by atomic mass is 28.4. The van der Waals surface area contributed by atoms with Crippen molar-refractivity contribution in [3.05, 3.63) is 42.0 Å². The summed E-state index contributed by atoms with van der Waals surface area (Å²) >= 11 is 0. The number of benzene rings is 1. The van der Waals surface area contributed by atoms with Crippen LogP contribution in [-0.4, -0.2) is 61.8 Å². The smallest absolute Gasteiger partial charge is 0.193 e. The standard InChI is InChI=1S/C22H38O6Si/c1-16(24)19(25)12-13-20(28-29(6,7)22(2,3)4)21(14-23)27-15-17-8-10-18(26-5)11-9-17/h8-13,16,19-21,23-25H,14-15H2,1-7H3/b13-12+/t16-,19-,20+,21+/m0/s1. The second kappa shape index (κ2) is 11.2. The first kappa shape index (κ1) is 25.8. The van der Waals surface area contributed by atoms with E-state index in [0.717, 1.165) is 11.3 Å². The van der Waals surface area contributed by atoms with Crippen molar-refractivity contribution >= 4 is 8.32 Å². The van der Waals surface area contributed by atoms with Gasteiger partial charge in [0.05, 0.1) is 38.6 Å². The predicted octanol–water partition coefficient (Wildman–Crippen LogP) is 3.26. The number of aliphatic hydroxyl groups excluding tert-OH is 3. The van der Waals surface area contributed by atoms with Crippen molar-refractivity contribution in [1.29, 1.82) is 0 Å². The fraction of sp³-hybridized carbons (Fsp3) is 0.636. The van der Waals surface area contributed by atoms with Gasteiger partial charge in [0.25, 0.3) is 0 Å². The molecule has 3 N–H and O–H groups in total. The highest BCUT2D eigenvalue weighted by Crippen LogP contribution is 2.38. The van der Waals surface area contributed by atoms with E-state index in [1.165, 1.54) is 13.0 Å². The van der Waals surface area contributed by atoms with Crippen molar-refractivity contribution in [2.24, 2.45) is 0 Å². The van der Waals surface area contributed by atoms with E-state index < -0.39 is 32.7 Å². The highest BCUT2D eigenvalue weighted by molar-refractivity contribution is 6.74. The highest BCUT2D eigenvalue weighted by Gasteiger charge is 2.40. The van der Waals surface area contributed by atoms with Crippen LogP contribution in [-0.2, 0) is 15.8 Å². The van der Waals surface area contributed by atoms with Crippen molar-refractivity contribution in [3.63, 3.8) is 0 Å². The number of aliphatic hydroxyl groups is 3. The Hall–Kier alpha value is -1.22. The van der Waals surface area contributed by atoms with Gasteiger partial charge in [0.2, 0.25) is 0 Å². The molecule has 7 heteroatoms. The van der Waals surface area contributed by atoms with Crippen LogP contribution in [0.4, 0.5) is 0 Å². The summed E-state index contributed by atoms with van der Waals surface area (Å²) in [6, 6.07) is 7.53. The fourth-order valence-corrected chi connectivity index (χ4v) is 3.58. The number of rotatable bonds is 11. The van der Waals surface area contributed by atoms with Gasteiger partial charge in [-0.05, 0) is 42.8 Å².